The molecule has 2 aromatic rings. The van der Waals surface area contributed by atoms with Crippen LogP contribution >= 0.6 is 0 Å². The summed E-state index contributed by atoms with van der Waals surface area (Å²) in [5.74, 6) is 1.28. The fraction of sp³-hybridized carbons (Fsp3) is 0.565. The van der Waals surface area contributed by atoms with Gasteiger partial charge in [0.2, 0.25) is 0 Å². The van der Waals surface area contributed by atoms with E-state index in [2.05, 4.69) is 20.9 Å². The fourth-order valence-electron chi connectivity index (χ4n) is 4.33. The Bertz CT molecular complexity index is 896. The first-order valence-electron chi connectivity index (χ1n) is 10.4. The van der Waals surface area contributed by atoms with E-state index in [1.54, 1.807) is 0 Å². The first-order valence-corrected chi connectivity index (χ1v) is 10.4. The van der Waals surface area contributed by atoms with Gasteiger partial charge in [0.25, 0.3) is 0 Å². The van der Waals surface area contributed by atoms with Crippen LogP contribution in [0.15, 0.2) is 24.5 Å². The molecule has 1 saturated carbocycles. The first kappa shape index (κ1) is 19.0. The minimum atomic E-state index is -0.450. The number of ketones is 1. The summed E-state index contributed by atoms with van der Waals surface area (Å²) in [6.07, 6.45) is 9.16. The molecule has 0 amide bonds. The van der Waals surface area contributed by atoms with Crippen LogP contribution in [0.2, 0.25) is 0 Å². The van der Waals surface area contributed by atoms with Crippen molar-refractivity contribution in [3.8, 4) is 11.3 Å². The highest BCUT2D eigenvalue weighted by Gasteiger charge is 2.56. The number of carbonyl (C=O) groups is 1. The standard InChI is InChI=1S/C23H30N4O.H2/c1-16-20(23(9-10-23)21(28)22(2,3)4)26-18(15-25-16)17-8-11-24-19(14-17)27-12-6-5-7-13-27;/h8,11,14-15H,5-7,9-10,12-13H2,1-4H3;1H. The third kappa shape index (κ3) is 3.43. The minimum absolute atomic E-state index is 0. The SMILES string of the molecule is Cc1ncc(-c2ccnc(N3CCCCC3)c2)nc1C1(C(=O)C(C)(C)C)CC1.[HH]. The lowest BCUT2D eigenvalue weighted by Crippen LogP contribution is -2.34. The first-order chi connectivity index (χ1) is 13.3. The van der Waals surface area contributed by atoms with Crippen LogP contribution in [0, 0.1) is 12.3 Å². The third-order valence-electron chi connectivity index (χ3n) is 6.00. The van der Waals surface area contributed by atoms with Gasteiger partial charge in [-0.15, -0.1) is 0 Å². The Labute approximate surface area is 169 Å². The quantitative estimate of drug-likeness (QED) is 0.767. The Kier molecular flexibility index (Phi) is 4.72. The average molecular weight is 381 g/mol. The van der Waals surface area contributed by atoms with E-state index >= 15 is 0 Å². The predicted molar refractivity (Wildman–Crippen MR) is 114 cm³/mol. The Hall–Kier alpha value is -2.30. The number of pyridine rings is 1. The lowest BCUT2D eigenvalue weighted by atomic mass is 9.79. The van der Waals surface area contributed by atoms with Gasteiger partial charge in [0.1, 0.15) is 11.6 Å². The highest BCUT2D eigenvalue weighted by atomic mass is 16.1. The number of carbonyl (C=O) groups excluding carboxylic acids is 1. The number of aryl methyl sites for hydroxylation is 1. The fourth-order valence-corrected chi connectivity index (χ4v) is 4.33. The van der Waals surface area contributed by atoms with Gasteiger partial charge in [-0.2, -0.15) is 0 Å². The van der Waals surface area contributed by atoms with Crippen LogP contribution in [0.3, 0.4) is 0 Å². The van der Waals surface area contributed by atoms with Crippen molar-refractivity contribution in [3.63, 3.8) is 0 Å². The van der Waals surface area contributed by atoms with Crippen molar-refractivity contribution in [2.75, 3.05) is 18.0 Å². The predicted octanol–water partition coefficient (Wildman–Crippen LogP) is 4.73. The van der Waals surface area contributed by atoms with E-state index < -0.39 is 5.41 Å². The summed E-state index contributed by atoms with van der Waals surface area (Å²) in [5, 5.41) is 0. The molecule has 4 rings (SSSR count). The summed E-state index contributed by atoms with van der Waals surface area (Å²) < 4.78 is 0. The second kappa shape index (κ2) is 6.94. The van der Waals surface area contributed by atoms with Gasteiger partial charge in [-0.1, -0.05) is 20.8 Å². The molecular weight excluding hydrogens is 348 g/mol. The van der Waals surface area contributed by atoms with Crippen LogP contribution in [0.4, 0.5) is 5.82 Å². The number of aromatic nitrogens is 3. The van der Waals surface area contributed by atoms with Crippen LogP contribution in [-0.4, -0.2) is 33.8 Å². The normalized spacial score (nSPS) is 18.8. The summed E-state index contributed by atoms with van der Waals surface area (Å²) in [5.41, 5.74) is 2.75. The minimum Gasteiger partial charge on any atom is -0.357 e. The molecule has 1 aliphatic heterocycles. The van der Waals surface area contributed by atoms with Crippen molar-refractivity contribution in [2.45, 2.75) is 65.2 Å². The van der Waals surface area contributed by atoms with Gasteiger partial charge in [-0.05, 0) is 51.2 Å². The highest BCUT2D eigenvalue weighted by molar-refractivity contribution is 5.96. The van der Waals surface area contributed by atoms with E-state index in [0.717, 1.165) is 54.4 Å². The largest absolute Gasteiger partial charge is 0.357 e. The van der Waals surface area contributed by atoms with Gasteiger partial charge >= 0.3 is 0 Å². The zero-order chi connectivity index (χ0) is 19.9. The molecule has 2 aliphatic rings. The maximum atomic E-state index is 13.1. The van der Waals surface area contributed by atoms with Crippen molar-refractivity contribution in [3.05, 3.63) is 35.9 Å². The number of hydrogen-bond donors (Lipinski definition) is 0. The van der Waals surface area contributed by atoms with Gasteiger partial charge in [0, 0.05) is 31.7 Å². The zero-order valence-electron chi connectivity index (χ0n) is 17.5. The van der Waals surface area contributed by atoms with Crippen LogP contribution in [0.25, 0.3) is 11.3 Å². The number of hydrogen-bond acceptors (Lipinski definition) is 5. The summed E-state index contributed by atoms with van der Waals surface area (Å²) in [4.78, 5) is 29.6. The Balaban J connectivity index is 0.00000240. The molecule has 0 spiro atoms. The molecule has 5 nitrogen and oxygen atoms in total. The second-order valence-corrected chi connectivity index (χ2v) is 9.30. The Morgan fingerprint density at radius 1 is 1.14 bits per heavy atom. The second-order valence-electron chi connectivity index (χ2n) is 9.30. The molecule has 0 N–H and O–H groups in total. The average Bonchev–Trinajstić information content (AvgIpc) is 3.49. The van der Waals surface area contributed by atoms with E-state index in [4.69, 9.17) is 4.98 Å². The Morgan fingerprint density at radius 3 is 2.50 bits per heavy atom. The topological polar surface area (TPSA) is 59.0 Å². The van der Waals surface area contributed by atoms with Gasteiger partial charge in [0.15, 0.2) is 0 Å². The van der Waals surface area contributed by atoms with Crippen LogP contribution < -0.4 is 4.90 Å². The smallest absolute Gasteiger partial charge is 0.150 e. The Morgan fingerprint density at radius 2 is 1.86 bits per heavy atom. The molecule has 0 aromatic carbocycles. The number of rotatable bonds is 4. The molecule has 1 saturated heterocycles. The number of Topliss-reactive ketones (excluding diaryl/α,β-unsaturated/α-hetero) is 1. The maximum Gasteiger partial charge on any atom is 0.150 e. The van der Waals surface area contributed by atoms with E-state index in [1.165, 1.54) is 19.3 Å². The molecule has 1 aliphatic carbocycles. The van der Waals surface area contributed by atoms with E-state index in [9.17, 15) is 4.79 Å². The molecule has 2 fully saturated rings. The van der Waals surface area contributed by atoms with Crippen molar-refractivity contribution >= 4 is 11.6 Å². The molecule has 5 heteroatoms. The highest BCUT2D eigenvalue weighted by Crippen LogP contribution is 2.52. The molecular formula is C23H32N4O. The number of anilines is 1. The van der Waals surface area contributed by atoms with E-state index in [0.29, 0.717) is 0 Å². The van der Waals surface area contributed by atoms with Gasteiger partial charge in [-0.25, -0.2) is 9.97 Å². The van der Waals surface area contributed by atoms with Crippen LogP contribution in [-0.2, 0) is 10.2 Å². The summed E-state index contributed by atoms with van der Waals surface area (Å²) in [6.45, 7) is 10.1. The van der Waals surface area contributed by atoms with Crippen molar-refractivity contribution in [1.29, 1.82) is 0 Å². The van der Waals surface area contributed by atoms with Crippen LogP contribution in [0.1, 0.15) is 65.7 Å². The zero-order valence-corrected chi connectivity index (χ0v) is 17.5. The molecule has 0 radical (unpaired) electrons. The van der Waals surface area contributed by atoms with Crippen molar-refractivity contribution in [2.24, 2.45) is 5.41 Å². The monoisotopic (exact) mass is 380 g/mol. The van der Waals surface area contributed by atoms with Crippen molar-refractivity contribution in [1.82, 2.24) is 15.0 Å². The molecule has 0 bridgehead atoms. The lowest BCUT2D eigenvalue weighted by Gasteiger charge is -2.28. The van der Waals surface area contributed by atoms with Crippen LogP contribution in [0.5, 0.6) is 0 Å². The van der Waals surface area contributed by atoms with Gasteiger partial charge < -0.3 is 4.90 Å². The third-order valence-corrected chi connectivity index (χ3v) is 6.00. The molecule has 28 heavy (non-hydrogen) atoms. The molecule has 150 valence electrons. The van der Waals surface area contributed by atoms with E-state index in [-0.39, 0.29) is 12.6 Å². The van der Waals surface area contributed by atoms with Gasteiger partial charge in [-0.3, -0.25) is 9.78 Å². The maximum absolute atomic E-state index is 13.1. The number of piperidine rings is 1. The van der Waals surface area contributed by atoms with Gasteiger partial charge in [0.05, 0.1) is 28.7 Å². The molecule has 3 heterocycles. The molecule has 0 atom stereocenters. The summed E-state index contributed by atoms with van der Waals surface area (Å²) >= 11 is 0. The summed E-state index contributed by atoms with van der Waals surface area (Å²) in [6, 6.07) is 4.10. The lowest BCUT2D eigenvalue weighted by molar-refractivity contribution is -0.129. The van der Waals surface area contributed by atoms with Crippen molar-refractivity contribution < 1.29 is 6.22 Å². The van der Waals surface area contributed by atoms with E-state index in [1.807, 2.05) is 46.2 Å². The summed E-state index contributed by atoms with van der Waals surface area (Å²) in [7, 11) is 0. The molecule has 0 unspecified atom stereocenters. The molecule has 2 aromatic heterocycles. The number of nitrogens with zero attached hydrogens (tertiary/aromatic N) is 4.